The second-order valence-electron chi connectivity index (χ2n) is 3.73. The van der Waals surface area contributed by atoms with Crippen LogP contribution in [0.3, 0.4) is 0 Å². The van der Waals surface area contributed by atoms with Crippen LogP contribution in [0, 0.1) is 11.6 Å². The SMILES string of the molecule is COCCC(C)Oc1c(F)cc(CBr)cc1F. The molecule has 1 rings (SSSR count). The Labute approximate surface area is 108 Å². The monoisotopic (exact) mass is 308 g/mol. The maximum atomic E-state index is 13.6. The van der Waals surface area contributed by atoms with Crippen molar-refractivity contribution in [3.05, 3.63) is 29.3 Å². The second kappa shape index (κ2) is 6.91. The summed E-state index contributed by atoms with van der Waals surface area (Å²) >= 11 is 3.14. The van der Waals surface area contributed by atoms with Gasteiger partial charge in [-0.05, 0) is 24.6 Å². The molecule has 1 aromatic carbocycles. The van der Waals surface area contributed by atoms with Gasteiger partial charge in [-0.25, -0.2) is 8.78 Å². The lowest BCUT2D eigenvalue weighted by Crippen LogP contribution is -2.16. The normalized spacial score (nSPS) is 12.5. The highest BCUT2D eigenvalue weighted by Crippen LogP contribution is 2.25. The fourth-order valence-corrected chi connectivity index (χ4v) is 1.67. The molecule has 1 unspecified atom stereocenters. The van der Waals surface area contributed by atoms with E-state index in [0.717, 1.165) is 0 Å². The molecule has 0 aliphatic heterocycles. The van der Waals surface area contributed by atoms with Gasteiger partial charge in [-0.15, -0.1) is 0 Å². The third-order valence-electron chi connectivity index (χ3n) is 2.26. The molecule has 1 aromatic rings. The summed E-state index contributed by atoms with van der Waals surface area (Å²) in [6.45, 7) is 2.24. The van der Waals surface area contributed by atoms with E-state index in [1.165, 1.54) is 12.1 Å². The van der Waals surface area contributed by atoms with E-state index in [0.29, 0.717) is 23.9 Å². The van der Waals surface area contributed by atoms with E-state index in [-0.39, 0.29) is 11.9 Å². The Bertz CT molecular complexity index is 349. The number of alkyl halides is 1. The van der Waals surface area contributed by atoms with Gasteiger partial charge in [-0.1, -0.05) is 15.9 Å². The number of halogens is 3. The lowest BCUT2D eigenvalue weighted by molar-refractivity contribution is 0.128. The smallest absolute Gasteiger partial charge is 0.191 e. The first kappa shape index (κ1) is 14.4. The van der Waals surface area contributed by atoms with Gasteiger partial charge in [-0.2, -0.15) is 0 Å². The van der Waals surface area contributed by atoms with E-state index >= 15 is 0 Å². The highest BCUT2D eigenvalue weighted by Gasteiger charge is 2.15. The van der Waals surface area contributed by atoms with Crippen LogP contribution in [0.2, 0.25) is 0 Å². The molecule has 2 nitrogen and oxygen atoms in total. The molecular weight excluding hydrogens is 294 g/mol. The summed E-state index contributed by atoms with van der Waals surface area (Å²) in [7, 11) is 1.57. The molecule has 0 spiro atoms. The Morgan fingerprint density at radius 3 is 2.35 bits per heavy atom. The summed E-state index contributed by atoms with van der Waals surface area (Å²) in [6, 6.07) is 2.52. The number of benzene rings is 1. The van der Waals surface area contributed by atoms with Crippen molar-refractivity contribution in [1.82, 2.24) is 0 Å². The van der Waals surface area contributed by atoms with Gasteiger partial charge in [0.05, 0.1) is 6.10 Å². The van der Waals surface area contributed by atoms with E-state index in [1.807, 2.05) is 0 Å². The molecule has 0 aliphatic rings. The summed E-state index contributed by atoms with van der Waals surface area (Å²) in [5.74, 6) is -1.68. The maximum Gasteiger partial charge on any atom is 0.191 e. The standard InChI is InChI=1S/C12H15BrF2O2/c1-8(3-4-16-2)17-12-10(14)5-9(7-13)6-11(12)15/h5-6,8H,3-4,7H2,1-2H3. The Hall–Kier alpha value is -0.680. The van der Waals surface area contributed by atoms with Gasteiger partial charge in [0.1, 0.15) is 0 Å². The van der Waals surface area contributed by atoms with Gasteiger partial charge in [-0.3, -0.25) is 0 Å². The summed E-state index contributed by atoms with van der Waals surface area (Å²) in [5, 5.41) is 0.403. The predicted octanol–water partition coefficient (Wildman–Crippen LogP) is 3.66. The Morgan fingerprint density at radius 2 is 1.88 bits per heavy atom. The van der Waals surface area contributed by atoms with Crippen molar-refractivity contribution in [2.45, 2.75) is 24.8 Å². The fraction of sp³-hybridized carbons (Fsp3) is 0.500. The molecule has 0 fully saturated rings. The van der Waals surface area contributed by atoms with E-state index in [1.54, 1.807) is 14.0 Å². The minimum atomic E-state index is -0.677. The van der Waals surface area contributed by atoms with Crippen molar-refractivity contribution in [2.24, 2.45) is 0 Å². The second-order valence-corrected chi connectivity index (χ2v) is 4.29. The summed E-state index contributed by atoms with van der Waals surface area (Å²) in [4.78, 5) is 0. The summed E-state index contributed by atoms with van der Waals surface area (Å²) < 4.78 is 37.2. The molecule has 0 bridgehead atoms. The van der Waals surface area contributed by atoms with Crippen LogP contribution >= 0.6 is 15.9 Å². The minimum Gasteiger partial charge on any atom is -0.485 e. The van der Waals surface area contributed by atoms with Crippen molar-refractivity contribution in [1.29, 1.82) is 0 Å². The largest absolute Gasteiger partial charge is 0.485 e. The molecule has 0 saturated heterocycles. The molecule has 5 heteroatoms. The first-order valence-electron chi connectivity index (χ1n) is 5.28. The summed E-state index contributed by atoms with van der Waals surface area (Å²) in [5.41, 5.74) is 0.539. The molecule has 1 atom stereocenters. The van der Waals surface area contributed by atoms with Gasteiger partial charge in [0.25, 0.3) is 0 Å². The van der Waals surface area contributed by atoms with Crippen LogP contribution in [0.25, 0.3) is 0 Å². The predicted molar refractivity (Wildman–Crippen MR) is 65.6 cm³/mol. The Morgan fingerprint density at radius 1 is 1.29 bits per heavy atom. The van der Waals surface area contributed by atoms with Crippen LogP contribution in [-0.2, 0) is 10.1 Å². The van der Waals surface area contributed by atoms with Crippen molar-refractivity contribution >= 4 is 15.9 Å². The number of ether oxygens (including phenoxy) is 2. The third kappa shape index (κ3) is 4.24. The molecule has 0 saturated carbocycles. The number of hydrogen-bond donors (Lipinski definition) is 0. The molecule has 0 amide bonds. The first-order chi connectivity index (χ1) is 8.08. The van der Waals surface area contributed by atoms with E-state index in [9.17, 15) is 8.78 Å². The molecular formula is C12H15BrF2O2. The van der Waals surface area contributed by atoms with Gasteiger partial charge in [0.2, 0.25) is 0 Å². The fourth-order valence-electron chi connectivity index (χ4n) is 1.35. The zero-order chi connectivity index (χ0) is 12.8. The third-order valence-corrected chi connectivity index (χ3v) is 2.91. The Kier molecular flexibility index (Phi) is 5.85. The average Bonchev–Trinajstić information content (AvgIpc) is 2.30. The number of rotatable bonds is 6. The molecule has 0 N–H and O–H groups in total. The number of hydrogen-bond acceptors (Lipinski definition) is 2. The van der Waals surface area contributed by atoms with Gasteiger partial charge >= 0.3 is 0 Å². The van der Waals surface area contributed by atoms with E-state index in [2.05, 4.69) is 15.9 Å². The van der Waals surface area contributed by atoms with Gasteiger partial charge < -0.3 is 9.47 Å². The highest BCUT2D eigenvalue weighted by molar-refractivity contribution is 9.08. The zero-order valence-corrected chi connectivity index (χ0v) is 11.4. The van der Waals surface area contributed by atoms with Gasteiger partial charge in [0.15, 0.2) is 17.4 Å². The van der Waals surface area contributed by atoms with E-state index < -0.39 is 11.6 Å². The van der Waals surface area contributed by atoms with Crippen molar-refractivity contribution in [3.63, 3.8) is 0 Å². The molecule has 0 aliphatic carbocycles. The van der Waals surface area contributed by atoms with Crippen molar-refractivity contribution in [3.8, 4) is 5.75 Å². The topological polar surface area (TPSA) is 18.5 Å². The van der Waals surface area contributed by atoms with Gasteiger partial charge in [0, 0.05) is 25.5 Å². The van der Waals surface area contributed by atoms with Crippen LogP contribution < -0.4 is 4.74 Å². The highest BCUT2D eigenvalue weighted by atomic mass is 79.9. The van der Waals surface area contributed by atoms with Crippen molar-refractivity contribution in [2.75, 3.05) is 13.7 Å². The van der Waals surface area contributed by atoms with Crippen LogP contribution in [-0.4, -0.2) is 19.8 Å². The molecule has 0 heterocycles. The molecule has 0 aromatic heterocycles. The zero-order valence-electron chi connectivity index (χ0n) is 9.80. The maximum absolute atomic E-state index is 13.6. The Balaban J connectivity index is 2.77. The molecule has 0 radical (unpaired) electrons. The van der Waals surface area contributed by atoms with Crippen LogP contribution in [0.5, 0.6) is 5.75 Å². The lowest BCUT2D eigenvalue weighted by atomic mass is 10.2. The lowest BCUT2D eigenvalue weighted by Gasteiger charge is -2.15. The summed E-state index contributed by atoms with van der Waals surface area (Å²) in [6.07, 6.45) is 0.282. The molecule has 17 heavy (non-hydrogen) atoms. The van der Waals surface area contributed by atoms with Crippen LogP contribution in [0.4, 0.5) is 8.78 Å². The number of methoxy groups -OCH3 is 1. The average molecular weight is 309 g/mol. The van der Waals surface area contributed by atoms with E-state index in [4.69, 9.17) is 9.47 Å². The molecule has 96 valence electrons. The first-order valence-corrected chi connectivity index (χ1v) is 6.40. The van der Waals surface area contributed by atoms with Crippen LogP contribution in [0.1, 0.15) is 18.9 Å². The van der Waals surface area contributed by atoms with Crippen molar-refractivity contribution < 1.29 is 18.3 Å². The minimum absolute atomic E-state index is 0.297. The quantitative estimate of drug-likeness (QED) is 0.747. The van der Waals surface area contributed by atoms with Crippen LogP contribution in [0.15, 0.2) is 12.1 Å².